The first-order valence-electron chi connectivity index (χ1n) is 8.71. The van der Waals surface area contributed by atoms with Crippen LogP contribution in [0.5, 0.6) is 5.75 Å². The summed E-state index contributed by atoms with van der Waals surface area (Å²) in [6.07, 6.45) is 2.22. The maximum absolute atomic E-state index is 12.4. The molecule has 0 fully saturated rings. The fourth-order valence-corrected chi connectivity index (χ4v) is 2.62. The molecule has 0 saturated heterocycles. The van der Waals surface area contributed by atoms with Gasteiger partial charge in [-0.25, -0.2) is 9.97 Å². The van der Waals surface area contributed by atoms with Crippen molar-refractivity contribution in [2.75, 3.05) is 24.3 Å². The molecule has 0 radical (unpaired) electrons. The van der Waals surface area contributed by atoms with Crippen LogP contribution >= 0.6 is 0 Å². The normalized spacial score (nSPS) is 10.3. The zero-order valence-corrected chi connectivity index (χ0v) is 15.4. The van der Waals surface area contributed by atoms with Crippen LogP contribution in [0.2, 0.25) is 0 Å². The second-order valence-electron chi connectivity index (χ2n) is 6.14. The van der Waals surface area contributed by atoms with Gasteiger partial charge in [0, 0.05) is 18.3 Å². The van der Waals surface area contributed by atoms with E-state index in [2.05, 4.69) is 20.6 Å². The Kier molecular flexibility index (Phi) is 5.99. The summed E-state index contributed by atoms with van der Waals surface area (Å²) in [4.78, 5) is 20.6. The third kappa shape index (κ3) is 5.28. The van der Waals surface area contributed by atoms with Gasteiger partial charge in [0.1, 0.15) is 23.6 Å². The predicted molar refractivity (Wildman–Crippen MR) is 106 cm³/mol. The maximum atomic E-state index is 12.4. The molecule has 0 aliphatic heterocycles. The summed E-state index contributed by atoms with van der Waals surface area (Å²) < 4.78 is 5.16. The standard InChI is InChI=1S/C21H22N4O2/c1-15-4-3-5-17(12-15)25-21(26)19-13-20(24-14-23-19)22-11-10-16-6-8-18(27-2)9-7-16/h3-9,12-14H,10-11H2,1-2H3,(H,25,26)(H,22,23,24). The average Bonchev–Trinajstić information content (AvgIpc) is 2.69. The minimum absolute atomic E-state index is 0.263. The number of nitrogens with one attached hydrogen (secondary N) is 2. The van der Waals surface area contributed by atoms with Crippen LogP contribution in [0.3, 0.4) is 0 Å². The lowest BCUT2D eigenvalue weighted by molar-refractivity contribution is 0.102. The Morgan fingerprint density at radius 3 is 2.63 bits per heavy atom. The number of anilines is 2. The van der Waals surface area contributed by atoms with Gasteiger partial charge in [-0.15, -0.1) is 0 Å². The molecule has 0 atom stereocenters. The molecule has 6 heteroatoms. The van der Waals surface area contributed by atoms with Gasteiger partial charge >= 0.3 is 0 Å². The number of benzene rings is 2. The van der Waals surface area contributed by atoms with Gasteiger partial charge in [-0.3, -0.25) is 4.79 Å². The number of carbonyl (C=O) groups excluding carboxylic acids is 1. The van der Waals surface area contributed by atoms with E-state index in [1.807, 2.05) is 55.5 Å². The third-order valence-corrected chi connectivity index (χ3v) is 4.05. The van der Waals surface area contributed by atoms with Crippen molar-refractivity contribution >= 4 is 17.4 Å². The largest absolute Gasteiger partial charge is 0.497 e. The molecule has 0 bridgehead atoms. The van der Waals surface area contributed by atoms with Crippen LogP contribution in [0.1, 0.15) is 21.6 Å². The molecule has 0 saturated carbocycles. The van der Waals surface area contributed by atoms with Crippen LogP contribution in [0.15, 0.2) is 60.9 Å². The molecular formula is C21H22N4O2. The minimum atomic E-state index is -0.263. The Bertz CT molecular complexity index is 910. The summed E-state index contributed by atoms with van der Waals surface area (Å²) >= 11 is 0. The van der Waals surface area contributed by atoms with E-state index in [9.17, 15) is 4.79 Å². The number of ether oxygens (including phenoxy) is 1. The fraction of sp³-hybridized carbons (Fsp3) is 0.190. The van der Waals surface area contributed by atoms with Gasteiger partial charge in [0.25, 0.3) is 5.91 Å². The van der Waals surface area contributed by atoms with Crippen molar-refractivity contribution in [3.8, 4) is 5.75 Å². The van der Waals surface area contributed by atoms with Gasteiger partial charge in [-0.1, -0.05) is 24.3 Å². The number of methoxy groups -OCH3 is 1. The van der Waals surface area contributed by atoms with E-state index in [1.54, 1.807) is 13.2 Å². The highest BCUT2D eigenvalue weighted by Crippen LogP contribution is 2.13. The lowest BCUT2D eigenvalue weighted by atomic mass is 10.1. The minimum Gasteiger partial charge on any atom is -0.497 e. The van der Waals surface area contributed by atoms with Crippen molar-refractivity contribution in [2.24, 2.45) is 0 Å². The quantitative estimate of drug-likeness (QED) is 0.670. The van der Waals surface area contributed by atoms with E-state index in [1.165, 1.54) is 11.9 Å². The van der Waals surface area contributed by atoms with Crippen LogP contribution in [0.4, 0.5) is 11.5 Å². The molecule has 1 heterocycles. The Morgan fingerprint density at radius 1 is 1.07 bits per heavy atom. The first-order valence-corrected chi connectivity index (χ1v) is 8.71. The van der Waals surface area contributed by atoms with Crippen molar-refractivity contribution in [3.63, 3.8) is 0 Å². The lowest BCUT2D eigenvalue weighted by Gasteiger charge is -2.08. The molecule has 0 aliphatic rings. The third-order valence-electron chi connectivity index (χ3n) is 4.05. The molecule has 1 amide bonds. The van der Waals surface area contributed by atoms with Crippen molar-refractivity contribution in [1.29, 1.82) is 0 Å². The SMILES string of the molecule is COc1ccc(CCNc2cc(C(=O)Nc3cccc(C)c3)ncn2)cc1. The maximum Gasteiger partial charge on any atom is 0.274 e. The summed E-state index contributed by atoms with van der Waals surface area (Å²) in [5, 5.41) is 6.08. The summed E-state index contributed by atoms with van der Waals surface area (Å²) in [5.41, 5.74) is 3.33. The van der Waals surface area contributed by atoms with Crippen LogP contribution in [0, 0.1) is 6.92 Å². The van der Waals surface area contributed by atoms with Crippen LogP contribution in [-0.4, -0.2) is 29.5 Å². The molecule has 2 aromatic carbocycles. The van der Waals surface area contributed by atoms with E-state index < -0.39 is 0 Å². The lowest BCUT2D eigenvalue weighted by Crippen LogP contribution is -2.15. The average molecular weight is 362 g/mol. The van der Waals surface area contributed by atoms with Crippen molar-refractivity contribution in [1.82, 2.24) is 9.97 Å². The first-order chi connectivity index (χ1) is 13.1. The van der Waals surface area contributed by atoms with Gasteiger partial charge in [0.2, 0.25) is 0 Å². The predicted octanol–water partition coefficient (Wildman–Crippen LogP) is 3.70. The van der Waals surface area contributed by atoms with Gasteiger partial charge in [-0.05, 0) is 48.7 Å². The van der Waals surface area contributed by atoms with E-state index in [4.69, 9.17) is 4.74 Å². The molecule has 2 N–H and O–H groups in total. The summed E-state index contributed by atoms with van der Waals surface area (Å²) in [6.45, 7) is 2.67. The number of amides is 1. The summed E-state index contributed by atoms with van der Waals surface area (Å²) in [6, 6.07) is 17.2. The molecule has 1 aromatic heterocycles. The van der Waals surface area contributed by atoms with Crippen molar-refractivity contribution < 1.29 is 9.53 Å². The van der Waals surface area contributed by atoms with E-state index in [0.717, 1.165) is 23.4 Å². The van der Waals surface area contributed by atoms with Crippen molar-refractivity contribution in [3.05, 3.63) is 77.7 Å². The zero-order valence-electron chi connectivity index (χ0n) is 15.4. The molecule has 0 spiro atoms. The monoisotopic (exact) mass is 362 g/mol. The number of rotatable bonds is 7. The molecule has 0 unspecified atom stereocenters. The molecule has 0 aliphatic carbocycles. The Hall–Kier alpha value is -3.41. The van der Waals surface area contributed by atoms with Crippen LogP contribution < -0.4 is 15.4 Å². The van der Waals surface area contributed by atoms with E-state index in [0.29, 0.717) is 18.1 Å². The Labute approximate surface area is 158 Å². The number of hydrogen-bond donors (Lipinski definition) is 2. The van der Waals surface area contributed by atoms with Crippen LogP contribution in [0.25, 0.3) is 0 Å². The topological polar surface area (TPSA) is 76.1 Å². The summed E-state index contributed by atoms with van der Waals surface area (Å²) in [5.74, 6) is 1.20. The molecule has 138 valence electrons. The van der Waals surface area contributed by atoms with E-state index in [-0.39, 0.29) is 5.91 Å². The summed E-state index contributed by atoms with van der Waals surface area (Å²) in [7, 11) is 1.65. The fourth-order valence-electron chi connectivity index (χ4n) is 2.62. The smallest absolute Gasteiger partial charge is 0.274 e. The molecule has 27 heavy (non-hydrogen) atoms. The second-order valence-corrected chi connectivity index (χ2v) is 6.14. The first kappa shape index (κ1) is 18.4. The number of aromatic nitrogens is 2. The molecule has 3 aromatic rings. The highest BCUT2D eigenvalue weighted by molar-refractivity contribution is 6.03. The number of aryl methyl sites for hydroxylation is 1. The van der Waals surface area contributed by atoms with Gasteiger partial charge in [0.15, 0.2) is 0 Å². The Morgan fingerprint density at radius 2 is 1.89 bits per heavy atom. The van der Waals surface area contributed by atoms with Crippen LogP contribution in [-0.2, 0) is 6.42 Å². The highest BCUT2D eigenvalue weighted by Gasteiger charge is 2.09. The van der Waals surface area contributed by atoms with Gasteiger partial charge < -0.3 is 15.4 Å². The van der Waals surface area contributed by atoms with Gasteiger partial charge in [0.05, 0.1) is 7.11 Å². The number of hydrogen-bond acceptors (Lipinski definition) is 5. The number of nitrogens with zero attached hydrogens (tertiary/aromatic N) is 2. The Balaban J connectivity index is 1.57. The molecule has 6 nitrogen and oxygen atoms in total. The second kappa shape index (κ2) is 8.80. The molecule has 3 rings (SSSR count). The zero-order chi connectivity index (χ0) is 19.1. The van der Waals surface area contributed by atoms with Crippen molar-refractivity contribution in [2.45, 2.75) is 13.3 Å². The number of carbonyl (C=O) groups is 1. The molecular weight excluding hydrogens is 340 g/mol. The highest BCUT2D eigenvalue weighted by atomic mass is 16.5. The van der Waals surface area contributed by atoms with Gasteiger partial charge in [-0.2, -0.15) is 0 Å². The van der Waals surface area contributed by atoms with E-state index >= 15 is 0 Å².